The number of rotatable bonds is 4. The fourth-order valence-electron chi connectivity index (χ4n) is 2.14. The van der Waals surface area contributed by atoms with E-state index in [-0.39, 0.29) is 6.79 Å². The molecule has 0 atom stereocenters. The van der Waals surface area contributed by atoms with Gasteiger partial charge in [-0.05, 0) is 42.0 Å². The molecule has 1 aliphatic rings. The molecule has 3 rings (SSSR count). The van der Waals surface area contributed by atoms with Gasteiger partial charge in [-0.1, -0.05) is 24.3 Å². The Morgan fingerprint density at radius 3 is 2.73 bits per heavy atom. The standard InChI is InChI=1S/C16H17N3O2S/c1-19(13-5-3-2-4-6-13)18-16(22)17-10-12-7-8-14-15(9-12)21-11-20-14/h2-9H,10-11H2,1H3,(H2,17,18,22). The van der Waals surface area contributed by atoms with Crippen molar-refractivity contribution in [2.45, 2.75) is 6.54 Å². The Hall–Kier alpha value is -2.47. The first-order chi connectivity index (χ1) is 10.7. The van der Waals surface area contributed by atoms with E-state index >= 15 is 0 Å². The van der Waals surface area contributed by atoms with Crippen molar-refractivity contribution in [3.8, 4) is 11.5 Å². The van der Waals surface area contributed by atoms with E-state index in [9.17, 15) is 0 Å². The molecule has 0 unspecified atom stereocenters. The smallest absolute Gasteiger partial charge is 0.231 e. The van der Waals surface area contributed by atoms with Crippen molar-refractivity contribution < 1.29 is 9.47 Å². The molecule has 0 aromatic heterocycles. The van der Waals surface area contributed by atoms with Crippen molar-refractivity contribution in [3.05, 3.63) is 54.1 Å². The zero-order chi connectivity index (χ0) is 15.4. The zero-order valence-corrected chi connectivity index (χ0v) is 13.0. The van der Waals surface area contributed by atoms with Crippen molar-refractivity contribution in [1.82, 2.24) is 10.7 Å². The molecule has 114 valence electrons. The third-order valence-electron chi connectivity index (χ3n) is 3.30. The average molecular weight is 315 g/mol. The Labute approximate surface area is 134 Å². The highest BCUT2D eigenvalue weighted by Gasteiger charge is 2.13. The number of nitrogens with one attached hydrogen (secondary N) is 2. The maximum absolute atomic E-state index is 5.36. The van der Waals surface area contributed by atoms with Gasteiger partial charge in [0.15, 0.2) is 16.6 Å². The Morgan fingerprint density at radius 1 is 1.14 bits per heavy atom. The van der Waals surface area contributed by atoms with Gasteiger partial charge in [-0.3, -0.25) is 10.4 Å². The fraction of sp³-hybridized carbons (Fsp3) is 0.188. The number of hydrazine groups is 1. The zero-order valence-electron chi connectivity index (χ0n) is 12.2. The summed E-state index contributed by atoms with van der Waals surface area (Å²) in [4.78, 5) is 0. The first-order valence-corrected chi connectivity index (χ1v) is 7.35. The summed E-state index contributed by atoms with van der Waals surface area (Å²) in [7, 11) is 1.92. The lowest BCUT2D eigenvalue weighted by molar-refractivity contribution is 0.174. The van der Waals surface area contributed by atoms with Crippen LogP contribution in [0.1, 0.15) is 5.56 Å². The van der Waals surface area contributed by atoms with Gasteiger partial charge in [-0.25, -0.2) is 0 Å². The third kappa shape index (κ3) is 3.40. The largest absolute Gasteiger partial charge is 0.454 e. The van der Waals surface area contributed by atoms with Gasteiger partial charge in [0.25, 0.3) is 0 Å². The summed E-state index contributed by atoms with van der Waals surface area (Å²) in [5, 5.41) is 5.60. The molecule has 0 aliphatic carbocycles. The quantitative estimate of drug-likeness (QED) is 0.667. The van der Waals surface area contributed by atoms with E-state index in [0.29, 0.717) is 11.7 Å². The van der Waals surface area contributed by atoms with Crippen LogP contribution in [0.15, 0.2) is 48.5 Å². The van der Waals surface area contributed by atoms with Crippen LogP contribution in [0.4, 0.5) is 5.69 Å². The van der Waals surface area contributed by atoms with Gasteiger partial charge in [-0.2, -0.15) is 0 Å². The first kappa shape index (κ1) is 14.5. The molecule has 5 nitrogen and oxygen atoms in total. The van der Waals surface area contributed by atoms with E-state index in [1.54, 1.807) is 0 Å². The van der Waals surface area contributed by atoms with Gasteiger partial charge in [0.2, 0.25) is 6.79 Å². The number of hydrogen-bond donors (Lipinski definition) is 2. The summed E-state index contributed by atoms with van der Waals surface area (Å²) in [6, 6.07) is 15.8. The van der Waals surface area contributed by atoms with Gasteiger partial charge in [0.1, 0.15) is 0 Å². The maximum Gasteiger partial charge on any atom is 0.231 e. The molecule has 0 saturated heterocycles. The van der Waals surface area contributed by atoms with Crippen molar-refractivity contribution in [1.29, 1.82) is 0 Å². The van der Waals surface area contributed by atoms with Crippen LogP contribution >= 0.6 is 12.2 Å². The van der Waals surface area contributed by atoms with Gasteiger partial charge in [0.05, 0.1) is 5.69 Å². The monoisotopic (exact) mass is 315 g/mol. The number of hydrogen-bond acceptors (Lipinski definition) is 4. The van der Waals surface area contributed by atoms with Gasteiger partial charge < -0.3 is 14.8 Å². The molecule has 2 aromatic rings. The Kier molecular flexibility index (Phi) is 4.29. The normalized spacial score (nSPS) is 11.9. The van der Waals surface area contributed by atoms with E-state index in [2.05, 4.69) is 10.7 Å². The van der Waals surface area contributed by atoms with E-state index in [4.69, 9.17) is 21.7 Å². The highest BCUT2D eigenvalue weighted by molar-refractivity contribution is 7.80. The summed E-state index contributed by atoms with van der Waals surface area (Å²) >= 11 is 5.31. The first-order valence-electron chi connectivity index (χ1n) is 6.94. The molecular weight excluding hydrogens is 298 g/mol. The minimum atomic E-state index is 0.286. The molecule has 0 radical (unpaired) electrons. The molecule has 0 bridgehead atoms. The average Bonchev–Trinajstić information content (AvgIpc) is 3.01. The molecule has 0 amide bonds. The predicted octanol–water partition coefficient (Wildman–Crippen LogP) is 2.43. The van der Waals surface area contributed by atoms with Crippen LogP contribution in [0.3, 0.4) is 0 Å². The maximum atomic E-state index is 5.36. The second-order valence-corrected chi connectivity index (χ2v) is 5.28. The number of ether oxygens (including phenoxy) is 2. The lowest BCUT2D eigenvalue weighted by Gasteiger charge is -2.22. The van der Waals surface area contributed by atoms with Gasteiger partial charge >= 0.3 is 0 Å². The van der Waals surface area contributed by atoms with Gasteiger partial charge in [0, 0.05) is 13.6 Å². The van der Waals surface area contributed by atoms with Gasteiger partial charge in [-0.15, -0.1) is 0 Å². The second-order valence-electron chi connectivity index (χ2n) is 4.88. The molecule has 6 heteroatoms. The van der Waals surface area contributed by atoms with Crippen LogP contribution in [0.25, 0.3) is 0 Å². The van der Waals surface area contributed by atoms with E-state index in [1.807, 2.05) is 60.6 Å². The third-order valence-corrected chi connectivity index (χ3v) is 3.54. The van der Waals surface area contributed by atoms with Crippen LogP contribution in [-0.4, -0.2) is 19.0 Å². The molecule has 2 N–H and O–H groups in total. The minimum absolute atomic E-state index is 0.286. The highest BCUT2D eigenvalue weighted by Crippen LogP contribution is 2.32. The molecular formula is C16H17N3O2S. The molecule has 0 spiro atoms. The van der Waals surface area contributed by atoms with Crippen molar-refractivity contribution in [3.63, 3.8) is 0 Å². The molecule has 1 aliphatic heterocycles. The van der Waals surface area contributed by atoms with E-state index < -0.39 is 0 Å². The lowest BCUT2D eigenvalue weighted by Crippen LogP contribution is -2.45. The Balaban J connectivity index is 1.52. The fourth-order valence-corrected chi connectivity index (χ4v) is 2.35. The number of fused-ring (bicyclic) bond motifs is 1. The summed E-state index contributed by atoms with van der Waals surface area (Å²) < 4.78 is 10.7. The van der Waals surface area contributed by atoms with Crippen LogP contribution < -0.4 is 25.2 Å². The second kappa shape index (κ2) is 6.53. The number of para-hydroxylation sites is 1. The molecule has 22 heavy (non-hydrogen) atoms. The van der Waals surface area contributed by atoms with Crippen molar-refractivity contribution in [2.75, 3.05) is 18.8 Å². The molecule has 2 aromatic carbocycles. The van der Waals surface area contributed by atoms with Crippen LogP contribution in [0.2, 0.25) is 0 Å². The topological polar surface area (TPSA) is 45.8 Å². The van der Waals surface area contributed by atoms with E-state index in [0.717, 1.165) is 22.7 Å². The van der Waals surface area contributed by atoms with Crippen molar-refractivity contribution in [2.24, 2.45) is 0 Å². The number of benzene rings is 2. The molecule has 0 saturated carbocycles. The summed E-state index contributed by atoms with van der Waals surface area (Å²) in [5.74, 6) is 1.56. The molecule has 0 fully saturated rings. The number of nitrogens with zero attached hydrogens (tertiary/aromatic N) is 1. The van der Waals surface area contributed by atoms with Crippen LogP contribution in [0, 0.1) is 0 Å². The van der Waals surface area contributed by atoms with Crippen LogP contribution in [-0.2, 0) is 6.54 Å². The predicted molar refractivity (Wildman–Crippen MR) is 90.0 cm³/mol. The van der Waals surface area contributed by atoms with E-state index in [1.165, 1.54) is 0 Å². The number of thiocarbonyl (C=S) groups is 1. The summed E-state index contributed by atoms with van der Waals surface area (Å²) in [5.41, 5.74) is 5.23. The Morgan fingerprint density at radius 2 is 1.91 bits per heavy atom. The lowest BCUT2D eigenvalue weighted by atomic mass is 10.2. The highest BCUT2D eigenvalue weighted by atomic mass is 32.1. The minimum Gasteiger partial charge on any atom is -0.454 e. The summed E-state index contributed by atoms with van der Waals surface area (Å²) in [6.45, 7) is 0.902. The van der Waals surface area contributed by atoms with Crippen molar-refractivity contribution >= 4 is 23.0 Å². The number of anilines is 1. The molecule has 1 heterocycles. The van der Waals surface area contributed by atoms with Crippen LogP contribution in [0.5, 0.6) is 11.5 Å². The SMILES string of the molecule is CN(NC(=S)NCc1ccc2c(c1)OCO2)c1ccccc1. The summed E-state index contributed by atoms with van der Waals surface area (Å²) in [6.07, 6.45) is 0. The Bertz CT molecular complexity index is 664.